The largest absolute Gasteiger partial charge is 0.493 e. The van der Waals surface area contributed by atoms with Gasteiger partial charge < -0.3 is 24.2 Å². The van der Waals surface area contributed by atoms with E-state index in [9.17, 15) is 9.90 Å². The van der Waals surface area contributed by atoms with Crippen molar-refractivity contribution < 1.29 is 24.1 Å². The number of methoxy groups -OCH3 is 1. The maximum Gasteiger partial charge on any atom is 0.219 e. The van der Waals surface area contributed by atoms with Crippen molar-refractivity contribution in [2.75, 3.05) is 46.5 Å². The molecule has 0 unspecified atom stereocenters. The molecule has 2 aromatic carbocycles. The van der Waals surface area contributed by atoms with Crippen LogP contribution in [0.1, 0.15) is 29.2 Å². The molecule has 1 amide bonds. The first-order chi connectivity index (χ1) is 18.6. The van der Waals surface area contributed by atoms with E-state index in [0.717, 1.165) is 16.7 Å². The Morgan fingerprint density at radius 1 is 1.03 bits per heavy atom. The lowest BCUT2D eigenvalue weighted by Crippen LogP contribution is -2.51. The summed E-state index contributed by atoms with van der Waals surface area (Å²) in [4.78, 5) is 16.2. The zero-order chi connectivity index (χ0) is 28.0. The van der Waals surface area contributed by atoms with Crippen molar-refractivity contribution in [3.05, 3.63) is 71.0 Å². The second-order valence-corrected chi connectivity index (χ2v) is 10.5. The summed E-state index contributed by atoms with van der Waals surface area (Å²) in [6, 6.07) is 11.8. The van der Waals surface area contributed by atoms with E-state index < -0.39 is 5.60 Å². The van der Waals surface area contributed by atoms with Gasteiger partial charge in [0.05, 0.1) is 26.4 Å². The number of rotatable bonds is 10. The molecule has 9 nitrogen and oxygen atoms in total. The Hall–Kier alpha value is -3.56. The molecule has 1 aliphatic rings. The summed E-state index contributed by atoms with van der Waals surface area (Å²) in [5.74, 6) is 1.97. The van der Waals surface area contributed by atoms with Gasteiger partial charge in [0.1, 0.15) is 24.6 Å². The summed E-state index contributed by atoms with van der Waals surface area (Å²) in [6.07, 6.45) is 3.80. The molecule has 0 bridgehead atoms. The van der Waals surface area contributed by atoms with Gasteiger partial charge in [-0.1, -0.05) is 12.1 Å². The van der Waals surface area contributed by atoms with Crippen LogP contribution in [0, 0.1) is 20.8 Å². The molecule has 0 radical (unpaired) electrons. The van der Waals surface area contributed by atoms with Crippen molar-refractivity contribution in [1.82, 2.24) is 19.6 Å². The number of hydrogen-bond acceptors (Lipinski definition) is 7. The number of nitrogens with zero attached hydrogens (tertiary/aromatic N) is 4. The fraction of sp³-hybridized carbons (Fsp3) is 0.467. The Kier molecular flexibility index (Phi) is 9.14. The topological polar surface area (TPSA) is 89.3 Å². The molecule has 1 saturated heterocycles. The molecule has 0 saturated carbocycles. The smallest absolute Gasteiger partial charge is 0.219 e. The first kappa shape index (κ1) is 28.4. The maximum atomic E-state index is 12.3. The highest BCUT2D eigenvalue weighted by atomic mass is 16.5. The lowest BCUT2D eigenvalue weighted by atomic mass is 10.0. The third kappa shape index (κ3) is 7.74. The monoisotopic (exact) mass is 536 g/mol. The minimum atomic E-state index is -1.23. The first-order valence-electron chi connectivity index (χ1n) is 13.3. The van der Waals surface area contributed by atoms with Gasteiger partial charge in [-0.2, -0.15) is 5.10 Å². The Morgan fingerprint density at radius 2 is 1.85 bits per heavy atom. The maximum absolute atomic E-state index is 12.3. The van der Waals surface area contributed by atoms with Crippen LogP contribution in [0.4, 0.5) is 0 Å². The average molecular weight is 537 g/mol. The molecule has 3 aromatic rings. The number of aryl methyl sites for hydroxylation is 3. The minimum Gasteiger partial charge on any atom is -0.493 e. The second kappa shape index (κ2) is 12.5. The summed E-state index contributed by atoms with van der Waals surface area (Å²) in [7, 11) is 1.62. The Morgan fingerprint density at radius 3 is 2.54 bits per heavy atom. The lowest BCUT2D eigenvalue weighted by Gasteiger charge is -2.33. The molecule has 4 rings (SSSR count). The van der Waals surface area contributed by atoms with E-state index in [1.807, 2.05) is 67.3 Å². The quantitative estimate of drug-likeness (QED) is 0.425. The van der Waals surface area contributed by atoms with Gasteiger partial charge in [-0.05, 0) is 67.3 Å². The van der Waals surface area contributed by atoms with Gasteiger partial charge in [-0.15, -0.1) is 0 Å². The second-order valence-electron chi connectivity index (χ2n) is 10.5. The summed E-state index contributed by atoms with van der Waals surface area (Å²) in [5, 5.41) is 16.0. The zero-order valence-electron chi connectivity index (χ0n) is 23.6. The van der Waals surface area contributed by atoms with Crippen molar-refractivity contribution >= 4 is 5.91 Å². The highest BCUT2D eigenvalue weighted by Gasteiger charge is 2.37. The molecule has 1 aromatic heterocycles. The van der Waals surface area contributed by atoms with E-state index in [0.29, 0.717) is 56.6 Å². The number of carbonyl (C=O) groups excluding carboxylic acids is 1. The summed E-state index contributed by atoms with van der Waals surface area (Å²) < 4.78 is 19.5. The number of aromatic nitrogens is 2. The Bertz CT molecular complexity index is 1280. The van der Waals surface area contributed by atoms with Gasteiger partial charge in [0, 0.05) is 39.3 Å². The molecule has 1 aliphatic heterocycles. The molecule has 1 fully saturated rings. The number of benzene rings is 2. The van der Waals surface area contributed by atoms with Crippen molar-refractivity contribution in [2.45, 2.75) is 46.4 Å². The van der Waals surface area contributed by atoms with Gasteiger partial charge in [0.25, 0.3) is 0 Å². The molecule has 1 N–H and O–H groups in total. The average Bonchev–Trinajstić information content (AvgIpc) is 3.23. The standard InChI is InChI=1S/C30H40N4O5/c1-22-16-31-34(17-22)12-13-38-29-15-26(7-9-28(29)37-5)18-32-10-11-33(25(4)35)20-30(36,19-32)21-39-27-8-6-23(2)24(3)14-27/h6-9,14-17,36H,10-13,18-21H2,1-5H3/t30-/m0/s1. The molecule has 9 heteroatoms. The number of hydrogen-bond donors (Lipinski definition) is 1. The van der Waals surface area contributed by atoms with Crippen molar-refractivity contribution in [1.29, 1.82) is 0 Å². The van der Waals surface area contributed by atoms with Crippen LogP contribution in [0.3, 0.4) is 0 Å². The number of β-amino-alcohol motifs (C(OH)–C–C–N with tert-alkyl or cyclic N) is 1. The van der Waals surface area contributed by atoms with Gasteiger partial charge in [-0.3, -0.25) is 14.4 Å². The molecule has 0 spiro atoms. The summed E-state index contributed by atoms with van der Waals surface area (Å²) in [5.41, 5.74) is 3.21. The van der Waals surface area contributed by atoms with E-state index in [-0.39, 0.29) is 19.1 Å². The molecular weight excluding hydrogens is 496 g/mol. The molecule has 0 aliphatic carbocycles. The fourth-order valence-electron chi connectivity index (χ4n) is 4.79. The number of amides is 1. The predicted molar refractivity (Wildman–Crippen MR) is 149 cm³/mol. The van der Waals surface area contributed by atoms with E-state index in [4.69, 9.17) is 14.2 Å². The van der Waals surface area contributed by atoms with Crippen LogP contribution in [0.5, 0.6) is 17.2 Å². The van der Waals surface area contributed by atoms with Gasteiger partial charge in [0.15, 0.2) is 11.5 Å². The van der Waals surface area contributed by atoms with E-state index in [2.05, 4.69) is 16.9 Å². The van der Waals surface area contributed by atoms with Gasteiger partial charge in [-0.25, -0.2) is 0 Å². The van der Waals surface area contributed by atoms with E-state index in [1.54, 1.807) is 12.0 Å². The first-order valence-corrected chi connectivity index (χ1v) is 13.3. The Labute approximate surface area is 230 Å². The van der Waals surface area contributed by atoms with Crippen LogP contribution in [0.15, 0.2) is 48.8 Å². The SMILES string of the molecule is COc1ccc(CN2CCN(C(C)=O)C[C@](O)(COc3ccc(C)c(C)c3)C2)cc1OCCn1cc(C)cn1. The molecule has 39 heavy (non-hydrogen) atoms. The third-order valence-corrected chi connectivity index (χ3v) is 7.09. The van der Waals surface area contributed by atoms with E-state index >= 15 is 0 Å². The van der Waals surface area contributed by atoms with Crippen molar-refractivity contribution in [2.24, 2.45) is 0 Å². The van der Waals surface area contributed by atoms with Crippen LogP contribution in [0.2, 0.25) is 0 Å². The van der Waals surface area contributed by atoms with Crippen molar-refractivity contribution in [3.63, 3.8) is 0 Å². The third-order valence-electron chi connectivity index (χ3n) is 7.09. The highest BCUT2D eigenvalue weighted by Crippen LogP contribution is 2.29. The summed E-state index contributed by atoms with van der Waals surface area (Å²) >= 11 is 0. The molecule has 1 atom stereocenters. The Balaban J connectivity index is 1.45. The lowest BCUT2D eigenvalue weighted by molar-refractivity contribution is -0.132. The van der Waals surface area contributed by atoms with Crippen LogP contribution >= 0.6 is 0 Å². The van der Waals surface area contributed by atoms with Crippen LogP contribution in [-0.2, 0) is 17.9 Å². The zero-order valence-corrected chi connectivity index (χ0v) is 23.6. The van der Waals surface area contributed by atoms with Crippen LogP contribution < -0.4 is 14.2 Å². The van der Waals surface area contributed by atoms with E-state index in [1.165, 1.54) is 12.5 Å². The fourth-order valence-corrected chi connectivity index (χ4v) is 4.79. The van der Waals surface area contributed by atoms with Gasteiger partial charge in [0.2, 0.25) is 5.91 Å². The number of aliphatic hydroxyl groups is 1. The van der Waals surface area contributed by atoms with Crippen LogP contribution in [0.25, 0.3) is 0 Å². The van der Waals surface area contributed by atoms with Gasteiger partial charge >= 0.3 is 0 Å². The van der Waals surface area contributed by atoms with Crippen LogP contribution in [-0.4, -0.2) is 82.7 Å². The number of ether oxygens (including phenoxy) is 3. The molecule has 210 valence electrons. The minimum absolute atomic E-state index is 0.0611. The predicted octanol–water partition coefficient (Wildman–Crippen LogP) is 3.37. The molecule has 2 heterocycles. The highest BCUT2D eigenvalue weighted by molar-refractivity contribution is 5.73. The number of carbonyl (C=O) groups is 1. The normalized spacial score (nSPS) is 18.1. The molecular formula is C30H40N4O5. The van der Waals surface area contributed by atoms with Crippen molar-refractivity contribution in [3.8, 4) is 17.2 Å². The summed E-state index contributed by atoms with van der Waals surface area (Å²) in [6.45, 7) is 11.1.